The van der Waals surface area contributed by atoms with Crippen LogP contribution in [0.2, 0.25) is 0 Å². The first-order valence-corrected chi connectivity index (χ1v) is 7.96. The summed E-state index contributed by atoms with van der Waals surface area (Å²) in [5.74, 6) is -2.60. The number of alkyl halides is 3. The van der Waals surface area contributed by atoms with Crippen LogP contribution in [-0.2, 0) is 0 Å². The average Bonchev–Trinajstić information content (AvgIpc) is 2.22. The molecule has 0 nitrogen and oxygen atoms in total. The van der Waals surface area contributed by atoms with Crippen molar-refractivity contribution >= 4 is 11.8 Å². The minimum atomic E-state index is -3.24. The molecule has 0 radical (unpaired) electrons. The minimum absolute atomic E-state index is 0.0300. The van der Waals surface area contributed by atoms with E-state index < -0.39 is 11.6 Å². The van der Waals surface area contributed by atoms with Crippen molar-refractivity contribution in [3.8, 4) is 0 Å². The smallest absolute Gasteiger partial charge is 0.238 e. The van der Waals surface area contributed by atoms with Gasteiger partial charge in [-0.2, -0.15) is 11.8 Å². The van der Waals surface area contributed by atoms with Gasteiger partial charge in [0.2, 0.25) is 0 Å². The van der Waals surface area contributed by atoms with E-state index in [1.807, 2.05) is 0 Å². The van der Waals surface area contributed by atoms with Crippen LogP contribution in [0.25, 0.3) is 0 Å². The van der Waals surface area contributed by atoms with Crippen LogP contribution in [0.1, 0.15) is 67.7 Å². The van der Waals surface area contributed by atoms with Gasteiger partial charge in [-0.15, -0.1) is 0 Å². The van der Waals surface area contributed by atoms with Crippen molar-refractivity contribution in [2.24, 2.45) is 5.41 Å². The normalized spacial score (nSPS) is 14.8. The van der Waals surface area contributed by atoms with Crippen molar-refractivity contribution in [2.45, 2.75) is 84.1 Å². The molecule has 0 bridgehead atoms. The van der Waals surface area contributed by atoms with Crippen LogP contribution >= 0.6 is 11.8 Å². The fourth-order valence-electron chi connectivity index (χ4n) is 1.54. The zero-order valence-corrected chi connectivity index (χ0v) is 14.2. The molecule has 0 heterocycles. The quantitative estimate of drug-likeness (QED) is 0.488. The Kier molecular flexibility index (Phi) is 6.32. The molecule has 19 heavy (non-hydrogen) atoms. The molecule has 0 rings (SSSR count). The summed E-state index contributed by atoms with van der Waals surface area (Å²) in [7, 11) is 0. The summed E-state index contributed by atoms with van der Waals surface area (Å²) in [4.78, 5) is 0. The third-order valence-corrected chi connectivity index (χ3v) is 6.25. The van der Waals surface area contributed by atoms with E-state index in [-0.39, 0.29) is 16.6 Å². The van der Waals surface area contributed by atoms with Crippen LogP contribution in [0.5, 0.6) is 0 Å². The van der Waals surface area contributed by atoms with Gasteiger partial charge in [0.1, 0.15) is 0 Å². The first-order valence-electron chi connectivity index (χ1n) is 6.97. The lowest BCUT2D eigenvalue weighted by Crippen LogP contribution is -2.39. The van der Waals surface area contributed by atoms with Crippen molar-refractivity contribution in [1.82, 2.24) is 0 Å². The summed E-state index contributed by atoms with van der Waals surface area (Å²) in [6, 6.07) is 0. The Balaban J connectivity index is 4.27. The molecule has 0 fully saturated rings. The van der Waals surface area contributed by atoms with Gasteiger partial charge in [0.05, 0.1) is 0 Å². The molecule has 0 N–H and O–H groups in total. The molecule has 0 amide bonds. The van der Waals surface area contributed by atoms with E-state index in [9.17, 15) is 13.2 Å². The molecular weight excluding hydrogens is 269 g/mol. The fraction of sp³-hybridized carbons (Fsp3) is 1.00. The maximum Gasteiger partial charge on any atom is 0.280 e. The van der Waals surface area contributed by atoms with Gasteiger partial charge >= 0.3 is 0 Å². The summed E-state index contributed by atoms with van der Waals surface area (Å²) in [5.41, 5.74) is -2.28. The molecule has 0 atom stereocenters. The standard InChI is InChI=1S/C15H29F3S/c1-8-12(2,3)14(6,7)19-11-9-10-15(17,18)13(4,5)16/h8-11H2,1-7H3. The van der Waals surface area contributed by atoms with Gasteiger partial charge in [-0.1, -0.05) is 34.6 Å². The largest absolute Gasteiger partial charge is 0.280 e. The minimum Gasteiger partial charge on any atom is -0.238 e. The number of thioether (sulfide) groups is 1. The molecule has 0 aliphatic rings. The van der Waals surface area contributed by atoms with E-state index in [1.165, 1.54) is 0 Å². The number of hydrogen-bond donors (Lipinski definition) is 0. The van der Waals surface area contributed by atoms with Gasteiger partial charge in [-0.3, -0.25) is 0 Å². The molecule has 0 unspecified atom stereocenters. The number of rotatable bonds is 8. The molecule has 0 spiro atoms. The summed E-state index contributed by atoms with van der Waals surface area (Å²) in [6.07, 6.45) is 1.00. The van der Waals surface area contributed by atoms with E-state index >= 15 is 0 Å². The zero-order valence-electron chi connectivity index (χ0n) is 13.4. The first-order chi connectivity index (χ1) is 8.27. The Labute approximate surface area is 120 Å². The van der Waals surface area contributed by atoms with Gasteiger partial charge < -0.3 is 0 Å². The first kappa shape index (κ1) is 19.1. The highest BCUT2D eigenvalue weighted by atomic mass is 32.2. The Morgan fingerprint density at radius 1 is 0.895 bits per heavy atom. The van der Waals surface area contributed by atoms with Crippen LogP contribution in [0.15, 0.2) is 0 Å². The predicted molar refractivity (Wildman–Crippen MR) is 80.0 cm³/mol. The van der Waals surface area contributed by atoms with Gasteiger partial charge in [0, 0.05) is 11.2 Å². The van der Waals surface area contributed by atoms with Crippen molar-refractivity contribution in [3.05, 3.63) is 0 Å². The van der Waals surface area contributed by atoms with Crippen LogP contribution < -0.4 is 0 Å². The van der Waals surface area contributed by atoms with Crippen LogP contribution in [0, 0.1) is 5.41 Å². The molecule has 4 heteroatoms. The molecule has 0 aliphatic carbocycles. The maximum atomic E-state index is 13.5. The van der Waals surface area contributed by atoms with Crippen molar-refractivity contribution in [3.63, 3.8) is 0 Å². The predicted octanol–water partition coefficient (Wildman–Crippen LogP) is 6.10. The van der Waals surface area contributed by atoms with Crippen LogP contribution in [-0.4, -0.2) is 22.1 Å². The summed E-state index contributed by atoms with van der Waals surface area (Å²) in [6.45, 7) is 12.7. The number of hydrogen-bond acceptors (Lipinski definition) is 1. The van der Waals surface area contributed by atoms with Gasteiger partial charge in [-0.25, -0.2) is 13.2 Å². The van der Waals surface area contributed by atoms with E-state index in [2.05, 4.69) is 34.6 Å². The molecule has 116 valence electrons. The van der Waals surface area contributed by atoms with Crippen LogP contribution in [0.3, 0.4) is 0 Å². The Bertz CT molecular complexity index is 278. The molecular formula is C15H29F3S. The molecule has 0 aliphatic heterocycles. The lowest BCUT2D eigenvalue weighted by Gasteiger charge is -2.41. The van der Waals surface area contributed by atoms with Crippen molar-refractivity contribution in [1.29, 1.82) is 0 Å². The van der Waals surface area contributed by atoms with Gasteiger partial charge in [0.25, 0.3) is 5.92 Å². The topological polar surface area (TPSA) is 0 Å². The highest BCUT2D eigenvalue weighted by molar-refractivity contribution is 8.00. The second kappa shape index (κ2) is 6.28. The lowest BCUT2D eigenvalue weighted by atomic mass is 9.78. The van der Waals surface area contributed by atoms with Crippen molar-refractivity contribution < 1.29 is 13.2 Å². The fourth-order valence-corrected chi connectivity index (χ4v) is 2.87. The van der Waals surface area contributed by atoms with Gasteiger partial charge in [-0.05, 0) is 37.9 Å². The van der Waals surface area contributed by atoms with E-state index in [1.54, 1.807) is 11.8 Å². The van der Waals surface area contributed by atoms with Crippen molar-refractivity contribution in [2.75, 3.05) is 5.75 Å². The molecule has 0 saturated heterocycles. The van der Waals surface area contributed by atoms with Crippen LogP contribution in [0.4, 0.5) is 13.2 Å². The second-order valence-electron chi connectivity index (χ2n) is 6.88. The molecule has 0 aromatic carbocycles. The maximum absolute atomic E-state index is 13.5. The Morgan fingerprint density at radius 3 is 1.74 bits per heavy atom. The molecule has 0 aromatic rings. The van der Waals surface area contributed by atoms with E-state index in [0.717, 1.165) is 20.3 Å². The SMILES string of the molecule is CCC(C)(C)C(C)(C)SCCCC(F)(F)C(C)(C)F. The number of halogens is 3. The monoisotopic (exact) mass is 298 g/mol. The Morgan fingerprint density at radius 2 is 1.37 bits per heavy atom. The Hall–Kier alpha value is 0.140. The second-order valence-corrected chi connectivity index (χ2v) is 8.59. The molecule has 0 saturated carbocycles. The summed E-state index contributed by atoms with van der Waals surface area (Å²) < 4.78 is 40.3. The average molecular weight is 298 g/mol. The lowest BCUT2D eigenvalue weighted by molar-refractivity contribution is -0.124. The molecule has 0 aromatic heterocycles. The highest BCUT2D eigenvalue weighted by Crippen LogP contribution is 2.44. The third kappa shape index (κ3) is 5.20. The summed E-state index contributed by atoms with van der Waals surface area (Å²) >= 11 is 1.71. The third-order valence-electron chi connectivity index (χ3n) is 4.48. The highest BCUT2D eigenvalue weighted by Gasteiger charge is 2.46. The van der Waals surface area contributed by atoms with E-state index in [0.29, 0.717) is 12.2 Å². The summed E-state index contributed by atoms with van der Waals surface area (Å²) in [5, 5.41) is 0. The van der Waals surface area contributed by atoms with Gasteiger partial charge in [0.15, 0.2) is 5.67 Å². The van der Waals surface area contributed by atoms with E-state index in [4.69, 9.17) is 0 Å². The zero-order chi connectivity index (χ0) is 15.5.